The first-order chi connectivity index (χ1) is 8.29. The predicted octanol–water partition coefficient (Wildman–Crippen LogP) is 0.791. The maximum Gasteiger partial charge on any atom is 0.223 e. The van der Waals surface area contributed by atoms with E-state index in [0.717, 1.165) is 39.0 Å². The smallest absolute Gasteiger partial charge is 0.223 e. The Morgan fingerprint density at radius 2 is 2.53 bits per heavy atom. The lowest BCUT2D eigenvalue weighted by molar-refractivity contribution is -0.131. The first-order valence-electron chi connectivity index (χ1n) is 6.45. The lowest BCUT2D eigenvalue weighted by Crippen LogP contribution is -2.36. The summed E-state index contributed by atoms with van der Waals surface area (Å²) in [5.74, 6) is 0.860. The van der Waals surface area contributed by atoms with Crippen molar-refractivity contribution in [3.8, 4) is 0 Å². The molecule has 0 aromatic rings. The van der Waals surface area contributed by atoms with Crippen LogP contribution in [0.1, 0.15) is 19.3 Å². The van der Waals surface area contributed by atoms with E-state index in [0.29, 0.717) is 24.9 Å². The van der Waals surface area contributed by atoms with Crippen molar-refractivity contribution in [3.63, 3.8) is 0 Å². The van der Waals surface area contributed by atoms with Crippen LogP contribution in [0, 0.1) is 5.92 Å². The molecule has 0 bridgehead atoms. The van der Waals surface area contributed by atoms with Gasteiger partial charge in [-0.15, -0.1) is 0 Å². The van der Waals surface area contributed by atoms with Crippen LogP contribution in [-0.4, -0.2) is 50.7 Å². The lowest BCUT2D eigenvalue weighted by Gasteiger charge is -2.27. The summed E-state index contributed by atoms with van der Waals surface area (Å²) in [5.41, 5.74) is 1.32. The van der Waals surface area contributed by atoms with E-state index < -0.39 is 0 Å². The minimum absolute atomic E-state index is 0.311. The van der Waals surface area contributed by atoms with E-state index in [9.17, 15) is 4.79 Å². The van der Waals surface area contributed by atoms with Crippen LogP contribution in [0.2, 0.25) is 0 Å². The fraction of sp³-hybridized carbons (Fsp3) is 0.769. The molecule has 2 aliphatic heterocycles. The summed E-state index contributed by atoms with van der Waals surface area (Å²) in [6, 6.07) is 0. The second kappa shape index (κ2) is 6.17. The minimum Gasteiger partial charge on any atom is -0.380 e. The molecule has 2 heterocycles. The van der Waals surface area contributed by atoms with E-state index in [-0.39, 0.29) is 0 Å². The molecule has 0 aromatic heterocycles. The molecule has 4 nitrogen and oxygen atoms in total. The topological polar surface area (TPSA) is 41.6 Å². The number of rotatable bonds is 4. The van der Waals surface area contributed by atoms with E-state index in [1.54, 1.807) is 7.11 Å². The third kappa shape index (κ3) is 3.54. The molecule has 1 fully saturated rings. The number of amides is 1. The van der Waals surface area contributed by atoms with Crippen LogP contribution in [-0.2, 0) is 9.53 Å². The Balaban J connectivity index is 1.77. The van der Waals surface area contributed by atoms with Gasteiger partial charge in [0.2, 0.25) is 5.91 Å². The zero-order valence-corrected chi connectivity index (χ0v) is 10.6. The third-order valence-corrected chi connectivity index (χ3v) is 3.61. The van der Waals surface area contributed by atoms with Gasteiger partial charge in [-0.05, 0) is 37.4 Å². The number of hydrogen-bond acceptors (Lipinski definition) is 3. The Labute approximate surface area is 103 Å². The lowest BCUT2D eigenvalue weighted by atomic mass is 10.0. The molecular formula is C13H22N2O2. The third-order valence-electron chi connectivity index (χ3n) is 3.61. The summed E-state index contributed by atoms with van der Waals surface area (Å²) in [4.78, 5) is 14.0. The van der Waals surface area contributed by atoms with Crippen LogP contribution in [0.15, 0.2) is 11.6 Å². The molecule has 1 N–H and O–H groups in total. The Kier molecular flexibility index (Phi) is 4.57. The molecule has 0 aliphatic carbocycles. The second-order valence-electron chi connectivity index (χ2n) is 4.95. The van der Waals surface area contributed by atoms with Gasteiger partial charge in [0.05, 0.1) is 6.61 Å². The molecule has 96 valence electrons. The van der Waals surface area contributed by atoms with Gasteiger partial charge >= 0.3 is 0 Å². The first-order valence-corrected chi connectivity index (χ1v) is 6.45. The van der Waals surface area contributed by atoms with Gasteiger partial charge in [-0.3, -0.25) is 4.79 Å². The van der Waals surface area contributed by atoms with E-state index in [1.165, 1.54) is 5.57 Å². The van der Waals surface area contributed by atoms with Crippen LogP contribution in [0.5, 0.6) is 0 Å². The van der Waals surface area contributed by atoms with E-state index in [4.69, 9.17) is 4.74 Å². The highest BCUT2D eigenvalue weighted by molar-refractivity contribution is 5.76. The van der Waals surface area contributed by atoms with Crippen LogP contribution in [0.3, 0.4) is 0 Å². The summed E-state index contributed by atoms with van der Waals surface area (Å²) < 4.78 is 5.10. The summed E-state index contributed by atoms with van der Waals surface area (Å²) in [5, 5.41) is 3.31. The summed E-state index contributed by atoms with van der Waals surface area (Å²) >= 11 is 0. The van der Waals surface area contributed by atoms with Gasteiger partial charge in [0.25, 0.3) is 0 Å². The van der Waals surface area contributed by atoms with Crippen molar-refractivity contribution in [3.05, 3.63) is 11.6 Å². The van der Waals surface area contributed by atoms with Gasteiger partial charge in [-0.1, -0.05) is 6.08 Å². The number of nitrogens with one attached hydrogen (secondary N) is 1. The molecular weight excluding hydrogens is 216 g/mol. The van der Waals surface area contributed by atoms with Crippen molar-refractivity contribution in [2.75, 3.05) is 39.9 Å². The zero-order valence-electron chi connectivity index (χ0n) is 10.6. The van der Waals surface area contributed by atoms with Gasteiger partial charge < -0.3 is 15.0 Å². The zero-order chi connectivity index (χ0) is 12.1. The average Bonchev–Trinajstić information content (AvgIpc) is 2.83. The van der Waals surface area contributed by atoms with Crippen molar-refractivity contribution in [1.29, 1.82) is 0 Å². The Hall–Kier alpha value is -0.870. The Morgan fingerprint density at radius 3 is 3.12 bits per heavy atom. The first kappa shape index (κ1) is 12.6. The van der Waals surface area contributed by atoms with E-state index >= 15 is 0 Å². The predicted molar refractivity (Wildman–Crippen MR) is 66.7 cm³/mol. The standard InChI is InChI=1S/C13H22N2O2/c1-17-10-11-3-6-15(7-4-11)13(16)8-12-2-5-14-9-12/h3,12,14H,2,4-10H2,1H3. The molecule has 17 heavy (non-hydrogen) atoms. The van der Waals surface area contributed by atoms with Crippen molar-refractivity contribution < 1.29 is 9.53 Å². The van der Waals surface area contributed by atoms with Crippen molar-refractivity contribution in [2.24, 2.45) is 5.92 Å². The summed E-state index contributed by atoms with van der Waals surface area (Å²) in [7, 11) is 1.71. The van der Waals surface area contributed by atoms with Crippen LogP contribution in [0.4, 0.5) is 0 Å². The Bertz CT molecular complexity index is 296. The highest BCUT2D eigenvalue weighted by Crippen LogP contribution is 2.17. The molecule has 0 aromatic carbocycles. The number of methoxy groups -OCH3 is 1. The average molecular weight is 238 g/mol. The van der Waals surface area contributed by atoms with Gasteiger partial charge in [0.15, 0.2) is 0 Å². The highest BCUT2D eigenvalue weighted by atomic mass is 16.5. The van der Waals surface area contributed by atoms with Gasteiger partial charge in [0, 0.05) is 26.6 Å². The number of carbonyl (C=O) groups excluding carboxylic acids is 1. The fourth-order valence-electron chi connectivity index (χ4n) is 2.52. The van der Waals surface area contributed by atoms with Gasteiger partial charge in [-0.25, -0.2) is 0 Å². The highest BCUT2D eigenvalue weighted by Gasteiger charge is 2.22. The molecule has 1 amide bonds. The minimum atomic E-state index is 0.311. The molecule has 1 unspecified atom stereocenters. The number of ether oxygens (including phenoxy) is 1. The summed E-state index contributed by atoms with van der Waals surface area (Å²) in [6.07, 6.45) is 4.95. The van der Waals surface area contributed by atoms with Gasteiger partial charge in [0.1, 0.15) is 0 Å². The molecule has 2 rings (SSSR count). The largest absolute Gasteiger partial charge is 0.380 e. The van der Waals surface area contributed by atoms with Crippen LogP contribution >= 0.6 is 0 Å². The molecule has 1 saturated heterocycles. The van der Waals surface area contributed by atoms with Crippen molar-refractivity contribution in [2.45, 2.75) is 19.3 Å². The molecule has 0 radical (unpaired) electrons. The molecule has 2 aliphatic rings. The van der Waals surface area contributed by atoms with Crippen molar-refractivity contribution >= 4 is 5.91 Å². The summed E-state index contributed by atoms with van der Waals surface area (Å²) in [6.45, 7) is 4.39. The quantitative estimate of drug-likeness (QED) is 0.736. The van der Waals surface area contributed by atoms with E-state index in [1.807, 2.05) is 4.90 Å². The monoisotopic (exact) mass is 238 g/mol. The maximum atomic E-state index is 12.1. The SMILES string of the molecule is COCC1=CCN(C(=O)CC2CCNC2)CC1. The number of nitrogens with zero attached hydrogens (tertiary/aromatic N) is 1. The van der Waals surface area contributed by atoms with E-state index in [2.05, 4.69) is 11.4 Å². The molecule has 0 spiro atoms. The van der Waals surface area contributed by atoms with Crippen LogP contribution in [0.25, 0.3) is 0 Å². The Morgan fingerprint density at radius 1 is 1.65 bits per heavy atom. The van der Waals surface area contributed by atoms with Crippen molar-refractivity contribution in [1.82, 2.24) is 10.2 Å². The fourth-order valence-corrected chi connectivity index (χ4v) is 2.52. The molecule has 4 heteroatoms. The normalized spacial score (nSPS) is 24.9. The van der Waals surface area contributed by atoms with Gasteiger partial charge in [-0.2, -0.15) is 0 Å². The second-order valence-corrected chi connectivity index (χ2v) is 4.95. The maximum absolute atomic E-state index is 12.1. The van der Waals surface area contributed by atoms with Crippen LogP contribution < -0.4 is 5.32 Å². The molecule has 1 atom stereocenters. The number of carbonyl (C=O) groups is 1. The molecule has 0 saturated carbocycles. The number of hydrogen-bond donors (Lipinski definition) is 1.